The van der Waals surface area contributed by atoms with Crippen LogP contribution in [0, 0.1) is 12.7 Å². The first-order chi connectivity index (χ1) is 15.5. The third kappa shape index (κ3) is 5.47. The fourth-order valence-corrected chi connectivity index (χ4v) is 3.97. The number of hydrogen-bond donors (Lipinski definition) is 0. The summed E-state index contributed by atoms with van der Waals surface area (Å²) in [5.41, 5.74) is 4.38. The van der Waals surface area contributed by atoms with Crippen molar-refractivity contribution in [3.63, 3.8) is 0 Å². The highest BCUT2D eigenvalue weighted by molar-refractivity contribution is 5.37. The van der Waals surface area contributed by atoms with Crippen LogP contribution in [0.1, 0.15) is 28.6 Å². The minimum absolute atomic E-state index is 0.0711. The average molecular weight is 440 g/mol. The quantitative estimate of drug-likeness (QED) is 0.530. The van der Waals surface area contributed by atoms with Gasteiger partial charge in [-0.25, -0.2) is 4.39 Å². The molecule has 2 aromatic carbocycles. The molecule has 0 radical (unpaired) electrons. The largest absolute Gasteiger partial charge is 0.496 e. The molecule has 0 saturated carbocycles. The van der Waals surface area contributed by atoms with Gasteiger partial charge in [0.25, 0.3) is 0 Å². The van der Waals surface area contributed by atoms with Gasteiger partial charge in [0, 0.05) is 44.4 Å². The summed E-state index contributed by atoms with van der Waals surface area (Å²) in [6.45, 7) is 5.70. The molecule has 0 N–H and O–H groups in total. The van der Waals surface area contributed by atoms with Crippen molar-refractivity contribution in [2.75, 3.05) is 33.4 Å². The highest BCUT2D eigenvalue weighted by Gasteiger charge is 2.25. The Labute approximate surface area is 188 Å². The Balaban J connectivity index is 1.36. The minimum atomic E-state index is -0.268. The summed E-state index contributed by atoms with van der Waals surface area (Å²) < 4.78 is 32.2. The SMILES string of the molecule is COc1cc(C)ccc1CN1CCOC(c2cc(CCOc3ccc(F)cc3)n(C)n2)C1. The van der Waals surface area contributed by atoms with Gasteiger partial charge in [0.05, 0.1) is 26.0 Å². The van der Waals surface area contributed by atoms with Crippen molar-refractivity contribution >= 4 is 0 Å². The minimum Gasteiger partial charge on any atom is -0.496 e. The maximum Gasteiger partial charge on any atom is 0.123 e. The standard InChI is InChI=1S/C25H30FN3O3/c1-18-4-5-19(24(14-18)30-3)16-29-11-13-32-25(17-29)23-15-21(28(2)27-23)10-12-31-22-8-6-20(26)7-9-22/h4-9,14-15,25H,10-13,16-17H2,1-3H3. The van der Waals surface area contributed by atoms with Crippen LogP contribution in [0.2, 0.25) is 0 Å². The summed E-state index contributed by atoms with van der Waals surface area (Å²) in [4.78, 5) is 2.38. The zero-order valence-electron chi connectivity index (χ0n) is 18.9. The molecule has 1 unspecified atom stereocenters. The zero-order chi connectivity index (χ0) is 22.5. The molecule has 1 fully saturated rings. The molecule has 0 bridgehead atoms. The third-order valence-corrected chi connectivity index (χ3v) is 5.75. The van der Waals surface area contributed by atoms with Crippen LogP contribution in [0.5, 0.6) is 11.5 Å². The van der Waals surface area contributed by atoms with Gasteiger partial charge in [-0.05, 0) is 48.9 Å². The van der Waals surface area contributed by atoms with Gasteiger partial charge in [0.15, 0.2) is 0 Å². The number of halogens is 1. The summed E-state index contributed by atoms with van der Waals surface area (Å²) in [5.74, 6) is 1.32. The van der Waals surface area contributed by atoms with E-state index in [-0.39, 0.29) is 11.9 Å². The van der Waals surface area contributed by atoms with E-state index in [2.05, 4.69) is 36.1 Å². The molecular formula is C25H30FN3O3. The van der Waals surface area contributed by atoms with Crippen molar-refractivity contribution in [3.8, 4) is 11.5 Å². The second-order valence-electron chi connectivity index (χ2n) is 8.15. The number of hydrogen-bond acceptors (Lipinski definition) is 5. The molecule has 4 rings (SSSR count). The Morgan fingerprint density at radius 2 is 1.97 bits per heavy atom. The molecule has 1 aliphatic rings. The molecule has 6 nitrogen and oxygen atoms in total. The Hall–Kier alpha value is -2.90. The molecule has 2 heterocycles. The molecule has 3 aromatic rings. The lowest BCUT2D eigenvalue weighted by Crippen LogP contribution is -2.38. The van der Waals surface area contributed by atoms with Crippen LogP contribution in [-0.2, 0) is 24.8 Å². The lowest BCUT2D eigenvalue weighted by Gasteiger charge is -2.32. The van der Waals surface area contributed by atoms with Crippen molar-refractivity contribution in [1.29, 1.82) is 0 Å². The topological polar surface area (TPSA) is 48.8 Å². The summed E-state index contributed by atoms with van der Waals surface area (Å²) >= 11 is 0. The third-order valence-electron chi connectivity index (χ3n) is 5.75. The monoisotopic (exact) mass is 439 g/mol. The second-order valence-corrected chi connectivity index (χ2v) is 8.15. The van der Waals surface area contributed by atoms with E-state index < -0.39 is 0 Å². The lowest BCUT2D eigenvalue weighted by molar-refractivity contribution is -0.0353. The molecule has 1 saturated heterocycles. The normalized spacial score (nSPS) is 16.8. The van der Waals surface area contributed by atoms with Gasteiger partial charge in [0.1, 0.15) is 23.4 Å². The van der Waals surface area contributed by atoms with Crippen molar-refractivity contribution in [2.24, 2.45) is 7.05 Å². The smallest absolute Gasteiger partial charge is 0.123 e. The average Bonchev–Trinajstić information content (AvgIpc) is 3.17. The summed E-state index contributed by atoms with van der Waals surface area (Å²) in [5, 5.41) is 4.69. The molecule has 1 aliphatic heterocycles. The highest BCUT2D eigenvalue weighted by atomic mass is 19.1. The number of morpholine rings is 1. The number of benzene rings is 2. The summed E-state index contributed by atoms with van der Waals surface area (Å²) in [6, 6.07) is 14.5. The van der Waals surface area contributed by atoms with Gasteiger partial charge in [-0.3, -0.25) is 9.58 Å². The molecule has 1 atom stereocenters. The maximum atomic E-state index is 13.0. The molecule has 0 amide bonds. The maximum absolute atomic E-state index is 13.0. The van der Waals surface area contributed by atoms with E-state index >= 15 is 0 Å². The number of ether oxygens (including phenoxy) is 3. The van der Waals surface area contributed by atoms with Crippen LogP contribution in [0.25, 0.3) is 0 Å². The van der Waals surface area contributed by atoms with Crippen molar-refractivity contribution in [2.45, 2.75) is 26.0 Å². The van der Waals surface area contributed by atoms with Gasteiger partial charge in [0.2, 0.25) is 0 Å². The first-order valence-electron chi connectivity index (χ1n) is 10.9. The number of rotatable bonds is 8. The Bertz CT molecular complexity index is 1040. The van der Waals surface area contributed by atoms with Crippen LogP contribution >= 0.6 is 0 Å². The van der Waals surface area contributed by atoms with E-state index in [9.17, 15) is 4.39 Å². The van der Waals surface area contributed by atoms with Crippen LogP contribution in [-0.4, -0.2) is 48.1 Å². The molecule has 0 aliphatic carbocycles. The van der Waals surface area contributed by atoms with Gasteiger partial charge in [-0.15, -0.1) is 0 Å². The van der Waals surface area contributed by atoms with Crippen molar-refractivity contribution < 1.29 is 18.6 Å². The van der Waals surface area contributed by atoms with E-state index in [1.165, 1.54) is 23.3 Å². The van der Waals surface area contributed by atoms with Gasteiger partial charge in [-0.1, -0.05) is 12.1 Å². The van der Waals surface area contributed by atoms with E-state index in [4.69, 9.17) is 19.3 Å². The fourth-order valence-electron chi connectivity index (χ4n) is 3.97. The predicted octanol–water partition coefficient (Wildman–Crippen LogP) is 4.07. The summed E-state index contributed by atoms with van der Waals surface area (Å²) in [7, 11) is 3.66. The van der Waals surface area contributed by atoms with Gasteiger partial charge in [-0.2, -0.15) is 5.10 Å². The van der Waals surface area contributed by atoms with E-state index in [0.29, 0.717) is 25.4 Å². The molecular weight excluding hydrogens is 409 g/mol. The van der Waals surface area contributed by atoms with Crippen LogP contribution in [0.4, 0.5) is 4.39 Å². The number of aryl methyl sites for hydroxylation is 2. The van der Waals surface area contributed by atoms with Crippen molar-refractivity contribution in [3.05, 3.63) is 76.9 Å². The fraction of sp³-hybridized carbons (Fsp3) is 0.400. The van der Waals surface area contributed by atoms with Crippen LogP contribution < -0.4 is 9.47 Å². The molecule has 170 valence electrons. The highest BCUT2D eigenvalue weighted by Crippen LogP contribution is 2.26. The van der Waals surface area contributed by atoms with E-state index in [0.717, 1.165) is 36.8 Å². The molecule has 32 heavy (non-hydrogen) atoms. The van der Waals surface area contributed by atoms with Crippen LogP contribution in [0.15, 0.2) is 48.5 Å². The number of aromatic nitrogens is 2. The molecule has 1 aromatic heterocycles. The number of nitrogens with zero attached hydrogens (tertiary/aromatic N) is 3. The van der Waals surface area contributed by atoms with Gasteiger partial charge < -0.3 is 14.2 Å². The Kier molecular flexibility index (Phi) is 7.07. The Morgan fingerprint density at radius 1 is 1.16 bits per heavy atom. The van der Waals surface area contributed by atoms with Gasteiger partial charge >= 0.3 is 0 Å². The summed E-state index contributed by atoms with van der Waals surface area (Å²) in [6.07, 6.45) is 0.635. The van der Waals surface area contributed by atoms with Crippen LogP contribution in [0.3, 0.4) is 0 Å². The first kappa shape index (κ1) is 22.3. The van der Waals surface area contributed by atoms with Crippen molar-refractivity contribution in [1.82, 2.24) is 14.7 Å². The van der Waals surface area contributed by atoms with E-state index in [1.54, 1.807) is 19.2 Å². The predicted molar refractivity (Wildman–Crippen MR) is 121 cm³/mol. The second kappa shape index (κ2) is 10.1. The number of methoxy groups -OCH3 is 1. The first-order valence-corrected chi connectivity index (χ1v) is 10.9. The Morgan fingerprint density at radius 3 is 2.75 bits per heavy atom. The lowest BCUT2D eigenvalue weighted by atomic mass is 10.1. The molecule has 7 heteroatoms. The van der Waals surface area contributed by atoms with E-state index in [1.807, 2.05) is 11.7 Å². The molecule has 0 spiro atoms. The zero-order valence-corrected chi connectivity index (χ0v) is 18.9.